The molecule has 1 aliphatic heterocycles. The monoisotopic (exact) mass is 340 g/mol. The van der Waals surface area contributed by atoms with Crippen LogP contribution in [0.2, 0.25) is 0 Å². The standard InChI is InChI=1S/C18H24N6O/c1-2-24-16(7-8-19-24)18(25)23-11-9-22(10-12-23)17-13-14-5-3-4-6-15(14)20-21-17/h7-8,13H,2-6,9-12H2,1H3. The molecular weight excluding hydrogens is 316 g/mol. The van der Waals surface area contributed by atoms with Crippen molar-refractivity contribution in [3.63, 3.8) is 0 Å². The van der Waals surface area contributed by atoms with Crippen molar-refractivity contribution in [2.24, 2.45) is 0 Å². The fourth-order valence-corrected chi connectivity index (χ4v) is 3.70. The second kappa shape index (κ2) is 6.82. The summed E-state index contributed by atoms with van der Waals surface area (Å²) in [5.74, 6) is 1.02. The fraction of sp³-hybridized carbons (Fsp3) is 0.556. The van der Waals surface area contributed by atoms with Crippen LogP contribution in [0, 0.1) is 0 Å². The average Bonchev–Trinajstić information content (AvgIpc) is 3.16. The molecule has 0 bridgehead atoms. The Balaban J connectivity index is 1.42. The predicted molar refractivity (Wildman–Crippen MR) is 94.7 cm³/mol. The third-order valence-electron chi connectivity index (χ3n) is 5.18. The first-order valence-corrected chi connectivity index (χ1v) is 9.18. The van der Waals surface area contributed by atoms with Gasteiger partial charge in [-0.2, -0.15) is 10.2 Å². The quantitative estimate of drug-likeness (QED) is 0.848. The van der Waals surface area contributed by atoms with Gasteiger partial charge in [0.05, 0.1) is 5.69 Å². The van der Waals surface area contributed by atoms with Gasteiger partial charge in [-0.05, 0) is 50.3 Å². The van der Waals surface area contributed by atoms with Crippen molar-refractivity contribution in [1.82, 2.24) is 24.9 Å². The lowest BCUT2D eigenvalue weighted by Gasteiger charge is -2.35. The summed E-state index contributed by atoms with van der Waals surface area (Å²) >= 11 is 0. The molecule has 25 heavy (non-hydrogen) atoms. The first-order chi connectivity index (χ1) is 12.3. The molecule has 0 spiro atoms. The van der Waals surface area contributed by atoms with Crippen molar-refractivity contribution in [3.05, 3.63) is 35.3 Å². The smallest absolute Gasteiger partial charge is 0.272 e. The highest BCUT2D eigenvalue weighted by molar-refractivity contribution is 5.92. The number of piperazine rings is 1. The zero-order valence-electron chi connectivity index (χ0n) is 14.7. The number of rotatable bonds is 3. The Morgan fingerprint density at radius 2 is 1.92 bits per heavy atom. The van der Waals surface area contributed by atoms with Gasteiger partial charge in [0.25, 0.3) is 5.91 Å². The highest BCUT2D eigenvalue weighted by Crippen LogP contribution is 2.23. The normalized spacial score (nSPS) is 17.5. The highest BCUT2D eigenvalue weighted by Gasteiger charge is 2.25. The van der Waals surface area contributed by atoms with Crippen LogP contribution in [0.3, 0.4) is 0 Å². The van der Waals surface area contributed by atoms with Crippen LogP contribution in [0.25, 0.3) is 0 Å². The van der Waals surface area contributed by atoms with Crippen LogP contribution >= 0.6 is 0 Å². The van der Waals surface area contributed by atoms with Gasteiger partial charge in [0.15, 0.2) is 5.82 Å². The molecule has 2 aromatic rings. The van der Waals surface area contributed by atoms with Crippen LogP contribution in [0.15, 0.2) is 18.3 Å². The lowest BCUT2D eigenvalue weighted by Crippen LogP contribution is -2.49. The Labute approximate surface area is 147 Å². The van der Waals surface area contributed by atoms with E-state index in [0.29, 0.717) is 25.3 Å². The molecule has 7 heteroatoms. The first kappa shape index (κ1) is 16.1. The maximum absolute atomic E-state index is 12.7. The van der Waals surface area contributed by atoms with Gasteiger partial charge in [-0.25, -0.2) is 0 Å². The second-order valence-electron chi connectivity index (χ2n) is 6.69. The lowest BCUT2D eigenvalue weighted by molar-refractivity contribution is 0.0734. The number of amides is 1. The number of carbonyl (C=O) groups excluding carboxylic acids is 1. The topological polar surface area (TPSA) is 67.2 Å². The molecule has 2 aromatic heterocycles. The number of aromatic nitrogens is 4. The van der Waals surface area contributed by atoms with Gasteiger partial charge in [0.2, 0.25) is 0 Å². The number of fused-ring (bicyclic) bond motifs is 1. The summed E-state index contributed by atoms with van der Waals surface area (Å²) in [4.78, 5) is 16.8. The third-order valence-corrected chi connectivity index (χ3v) is 5.18. The van der Waals surface area contributed by atoms with Gasteiger partial charge in [-0.15, -0.1) is 5.10 Å². The van der Waals surface area contributed by atoms with E-state index in [0.717, 1.165) is 37.4 Å². The summed E-state index contributed by atoms with van der Waals surface area (Å²) in [6.07, 6.45) is 6.31. The van der Waals surface area contributed by atoms with E-state index in [4.69, 9.17) is 0 Å². The molecule has 1 fully saturated rings. The zero-order valence-corrected chi connectivity index (χ0v) is 14.7. The van der Waals surface area contributed by atoms with Gasteiger partial charge >= 0.3 is 0 Å². The van der Waals surface area contributed by atoms with Gasteiger partial charge < -0.3 is 9.80 Å². The van der Waals surface area contributed by atoms with E-state index in [-0.39, 0.29) is 5.91 Å². The Morgan fingerprint density at radius 3 is 2.72 bits per heavy atom. The molecule has 0 saturated carbocycles. The molecule has 0 atom stereocenters. The van der Waals surface area contributed by atoms with E-state index in [1.54, 1.807) is 16.9 Å². The molecule has 0 radical (unpaired) electrons. The zero-order chi connectivity index (χ0) is 17.2. The Kier molecular flexibility index (Phi) is 4.38. The van der Waals surface area contributed by atoms with Crippen LogP contribution in [0.4, 0.5) is 5.82 Å². The van der Waals surface area contributed by atoms with Crippen molar-refractivity contribution >= 4 is 11.7 Å². The fourth-order valence-electron chi connectivity index (χ4n) is 3.70. The molecule has 1 aliphatic carbocycles. The van der Waals surface area contributed by atoms with E-state index >= 15 is 0 Å². The van der Waals surface area contributed by atoms with Crippen molar-refractivity contribution in [3.8, 4) is 0 Å². The molecule has 1 amide bonds. The number of anilines is 1. The van der Waals surface area contributed by atoms with E-state index < -0.39 is 0 Å². The molecule has 3 heterocycles. The Morgan fingerprint density at radius 1 is 1.12 bits per heavy atom. The van der Waals surface area contributed by atoms with Gasteiger partial charge in [0, 0.05) is 38.9 Å². The van der Waals surface area contributed by atoms with E-state index in [2.05, 4.69) is 26.3 Å². The molecule has 0 unspecified atom stereocenters. The number of hydrogen-bond acceptors (Lipinski definition) is 5. The molecule has 4 rings (SSSR count). The molecular formula is C18H24N6O. The maximum atomic E-state index is 12.7. The number of nitrogens with zero attached hydrogens (tertiary/aromatic N) is 6. The number of carbonyl (C=O) groups is 1. The van der Waals surface area contributed by atoms with E-state index in [1.807, 2.05) is 11.8 Å². The Hall–Kier alpha value is -2.44. The van der Waals surface area contributed by atoms with Crippen LogP contribution in [-0.4, -0.2) is 57.0 Å². The van der Waals surface area contributed by atoms with E-state index in [1.165, 1.54) is 18.4 Å². The van der Waals surface area contributed by atoms with Crippen LogP contribution in [0.1, 0.15) is 41.5 Å². The summed E-state index contributed by atoms with van der Waals surface area (Å²) in [7, 11) is 0. The second-order valence-corrected chi connectivity index (χ2v) is 6.69. The van der Waals surface area contributed by atoms with Gasteiger partial charge in [-0.3, -0.25) is 9.48 Å². The molecule has 0 N–H and O–H groups in total. The van der Waals surface area contributed by atoms with Gasteiger partial charge in [-0.1, -0.05) is 0 Å². The Bertz CT molecular complexity index is 763. The molecule has 7 nitrogen and oxygen atoms in total. The first-order valence-electron chi connectivity index (χ1n) is 9.18. The van der Waals surface area contributed by atoms with Crippen molar-refractivity contribution in [1.29, 1.82) is 0 Å². The molecule has 132 valence electrons. The van der Waals surface area contributed by atoms with Crippen LogP contribution < -0.4 is 4.90 Å². The number of aryl methyl sites for hydroxylation is 3. The van der Waals surface area contributed by atoms with Crippen molar-refractivity contribution in [2.75, 3.05) is 31.1 Å². The summed E-state index contributed by atoms with van der Waals surface area (Å²) in [6.45, 7) is 5.69. The molecule has 2 aliphatic rings. The summed E-state index contributed by atoms with van der Waals surface area (Å²) in [6, 6.07) is 4.00. The maximum Gasteiger partial charge on any atom is 0.272 e. The average molecular weight is 340 g/mol. The molecule has 1 saturated heterocycles. The minimum atomic E-state index is 0.0653. The molecule has 0 aromatic carbocycles. The van der Waals surface area contributed by atoms with Gasteiger partial charge in [0.1, 0.15) is 5.69 Å². The van der Waals surface area contributed by atoms with Crippen LogP contribution in [0.5, 0.6) is 0 Å². The van der Waals surface area contributed by atoms with Crippen molar-refractivity contribution < 1.29 is 4.79 Å². The number of hydrogen-bond donors (Lipinski definition) is 0. The van der Waals surface area contributed by atoms with E-state index in [9.17, 15) is 4.79 Å². The van der Waals surface area contributed by atoms with Crippen molar-refractivity contribution in [2.45, 2.75) is 39.2 Å². The highest BCUT2D eigenvalue weighted by atomic mass is 16.2. The minimum absolute atomic E-state index is 0.0653. The summed E-state index contributed by atoms with van der Waals surface area (Å²) in [5.41, 5.74) is 3.18. The summed E-state index contributed by atoms with van der Waals surface area (Å²) in [5, 5.41) is 13.0. The SMILES string of the molecule is CCn1nccc1C(=O)N1CCN(c2cc3c(nn2)CCCC3)CC1. The third kappa shape index (κ3) is 3.10. The largest absolute Gasteiger partial charge is 0.352 e. The van der Waals surface area contributed by atoms with Crippen LogP contribution in [-0.2, 0) is 19.4 Å². The minimum Gasteiger partial charge on any atom is -0.352 e. The predicted octanol–water partition coefficient (Wildman–Crippen LogP) is 1.53. The lowest BCUT2D eigenvalue weighted by atomic mass is 9.97. The summed E-state index contributed by atoms with van der Waals surface area (Å²) < 4.78 is 1.75.